The summed E-state index contributed by atoms with van der Waals surface area (Å²) >= 11 is 0.995. The van der Waals surface area contributed by atoms with Gasteiger partial charge in [0, 0.05) is 57.8 Å². The zero-order valence-corrected chi connectivity index (χ0v) is 20.7. The first kappa shape index (κ1) is 23.7. The third-order valence-corrected chi connectivity index (χ3v) is 7.30. The largest absolute Gasteiger partial charge is 0.418 e. The molecule has 0 bridgehead atoms. The summed E-state index contributed by atoms with van der Waals surface area (Å²) in [5.74, 6) is 1.29. The molecule has 0 N–H and O–H groups in total. The molecule has 1 atom stereocenters. The molecule has 0 unspecified atom stereocenters. The van der Waals surface area contributed by atoms with Crippen molar-refractivity contribution in [3.63, 3.8) is 0 Å². The summed E-state index contributed by atoms with van der Waals surface area (Å²) in [6.45, 7) is 5.55. The van der Waals surface area contributed by atoms with E-state index in [1.807, 2.05) is 18.7 Å². The van der Waals surface area contributed by atoms with Crippen molar-refractivity contribution in [2.45, 2.75) is 32.5 Å². The molecule has 0 amide bonds. The van der Waals surface area contributed by atoms with E-state index in [0.29, 0.717) is 31.3 Å². The molecule has 0 saturated carbocycles. The summed E-state index contributed by atoms with van der Waals surface area (Å²) in [6, 6.07) is 1.65. The maximum absolute atomic E-state index is 14.6. The van der Waals surface area contributed by atoms with Crippen LogP contribution in [0.3, 0.4) is 0 Å². The van der Waals surface area contributed by atoms with Gasteiger partial charge >= 0.3 is 6.18 Å². The van der Waals surface area contributed by atoms with E-state index in [9.17, 15) is 13.2 Å². The molecule has 4 aromatic rings. The van der Waals surface area contributed by atoms with Gasteiger partial charge in [-0.3, -0.25) is 4.68 Å². The van der Waals surface area contributed by atoms with Gasteiger partial charge in [0.05, 0.1) is 22.4 Å². The molecule has 8 nitrogen and oxygen atoms in total. The van der Waals surface area contributed by atoms with Crippen molar-refractivity contribution in [1.82, 2.24) is 29.3 Å². The molecule has 1 aliphatic rings. The number of nitrogens with zero attached hydrogens (tertiary/aromatic N) is 7. The first-order chi connectivity index (χ1) is 16.7. The molecule has 4 aromatic heterocycles. The molecular formula is C23H26F3N7OS. The van der Waals surface area contributed by atoms with Gasteiger partial charge in [-0.05, 0) is 26.3 Å². The van der Waals surface area contributed by atoms with Crippen molar-refractivity contribution in [3.8, 4) is 22.2 Å². The van der Waals surface area contributed by atoms with Crippen LogP contribution in [0.2, 0.25) is 0 Å². The average molecular weight is 506 g/mol. The smallest absolute Gasteiger partial charge is 0.384 e. The van der Waals surface area contributed by atoms with E-state index in [0.717, 1.165) is 17.8 Å². The van der Waals surface area contributed by atoms with Crippen LogP contribution in [0.1, 0.15) is 31.9 Å². The molecule has 0 aromatic carbocycles. The second-order valence-corrected chi connectivity index (χ2v) is 10.0. The fourth-order valence-electron chi connectivity index (χ4n) is 4.49. The molecule has 35 heavy (non-hydrogen) atoms. The number of aryl methyl sites for hydroxylation is 1. The summed E-state index contributed by atoms with van der Waals surface area (Å²) < 4.78 is 52.6. The van der Waals surface area contributed by atoms with E-state index in [4.69, 9.17) is 4.74 Å². The summed E-state index contributed by atoms with van der Waals surface area (Å²) in [7, 11) is 3.44. The highest BCUT2D eigenvalue weighted by atomic mass is 32.1. The lowest BCUT2D eigenvalue weighted by Gasteiger charge is -2.20. The molecule has 5 rings (SSSR count). The molecular weight excluding hydrogens is 479 g/mol. The predicted molar refractivity (Wildman–Crippen MR) is 128 cm³/mol. The number of thiophene rings is 1. The Balaban J connectivity index is 1.76. The van der Waals surface area contributed by atoms with Gasteiger partial charge < -0.3 is 14.2 Å². The number of hydrogen-bond acceptors (Lipinski definition) is 7. The molecule has 1 aliphatic heterocycles. The van der Waals surface area contributed by atoms with Gasteiger partial charge in [-0.15, -0.1) is 11.3 Å². The molecule has 186 valence electrons. The van der Waals surface area contributed by atoms with Crippen molar-refractivity contribution in [2.24, 2.45) is 13.0 Å². The van der Waals surface area contributed by atoms with Gasteiger partial charge in [0.2, 0.25) is 0 Å². The number of fused-ring (bicyclic) bond motifs is 1. The van der Waals surface area contributed by atoms with Crippen molar-refractivity contribution >= 4 is 27.4 Å². The van der Waals surface area contributed by atoms with Crippen LogP contribution in [-0.4, -0.2) is 56.1 Å². The zero-order valence-electron chi connectivity index (χ0n) is 19.9. The molecule has 1 saturated heterocycles. The lowest BCUT2D eigenvalue weighted by molar-refractivity contribution is -0.135. The number of imidazole rings is 1. The summed E-state index contributed by atoms with van der Waals surface area (Å²) in [4.78, 5) is 15.8. The SMILES string of the molecule is COC[C@@H]1CCN(c2nc(-c3nccn3C)nc3sc(-c4ccn(C(C)C)n4)c(C(F)(F)F)c23)C1. The van der Waals surface area contributed by atoms with Crippen LogP contribution in [0, 0.1) is 5.92 Å². The standard InChI is InChI=1S/C23H26F3N7OS/c1-13(2)33-9-6-15(30-33)18-17(23(24,25)26)16-20(32-8-5-14(11-32)12-34-4)28-19(29-22(16)35-18)21-27-7-10-31(21)3/h6-7,9-10,13-14H,5,8,11-12H2,1-4H3/t14-/m1/s1. The zero-order chi connectivity index (χ0) is 24.9. The van der Waals surface area contributed by atoms with E-state index >= 15 is 0 Å². The number of anilines is 1. The van der Waals surface area contributed by atoms with Gasteiger partial charge in [-0.25, -0.2) is 15.0 Å². The van der Waals surface area contributed by atoms with Crippen LogP contribution >= 0.6 is 11.3 Å². The van der Waals surface area contributed by atoms with Crippen LogP contribution in [0.25, 0.3) is 32.4 Å². The van der Waals surface area contributed by atoms with Gasteiger partial charge in [0.1, 0.15) is 16.3 Å². The van der Waals surface area contributed by atoms with E-state index in [2.05, 4.69) is 20.1 Å². The minimum atomic E-state index is -4.61. The maximum atomic E-state index is 14.6. The van der Waals surface area contributed by atoms with Crippen molar-refractivity contribution < 1.29 is 17.9 Å². The fourth-order valence-corrected chi connectivity index (χ4v) is 5.64. The number of alkyl halides is 3. The fraction of sp³-hybridized carbons (Fsp3) is 0.478. The Morgan fingerprint density at radius 1 is 1.23 bits per heavy atom. The van der Waals surface area contributed by atoms with Gasteiger partial charge in [0.15, 0.2) is 11.6 Å². The Kier molecular flexibility index (Phi) is 6.04. The Morgan fingerprint density at radius 3 is 2.66 bits per heavy atom. The lowest BCUT2D eigenvalue weighted by Crippen LogP contribution is -2.23. The minimum Gasteiger partial charge on any atom is -0.384 e. The van der Waals surface area contributed by atoms with Crippen LogP contribution in [0.4, 0.5) is 19.0 Å². The van der Waals surface area contributed by atoms with Crippen molar-refractivity contribution in [1.29, 1.82) is 0 Å². The number of aromatic nitrogens is 6. The first-order valence-corrected chi connectivity index (χ1v) is 12.2. The molecule has 5 heterocycles. The summed E-state index contributed by atoms with van der Waals surface area (Å²) in [5.41, 5.74) is -0.458. The Labute approximate surface area is 204 Å². The number of halogens is 3. The van der Waals surface area contributed by atoms with Crippen LogP contribution in [0.15, 0.2) is 24.7 Å². The highest BCUT2D eigenvalue weighted by molar-refractivity contribution is 7.22. The number of methoxy groups -OCH3 is 1. The summed E-state index contributed by atoms with van der Waals surface area (Å²) in [5, 5.41) is 4.45. The minimum absolute atomic E-state index is 0.0209. The highest BCUT2D eigenvalue weighted by Crippen LogP contribution is 2.49. The van der Waals surface area contributed by atoms with Crippen LogP contribution < -0.4 is 4.90 Å². The molecule has 0 aliphatic carbocycles. The second-order valence-electron chi connectivity index (χ2n) is 9.05. The Bertz CT molecular complexity index is 1360. The Hall–Kier alpha value is -2.99. The molecule has 0 radical (unpaired) electrons. The monoisotopic (exact) mass is 505 g/mol. The highest BCUT2D eigenvalue weighted by Gasteiger charge is 2.41. The number of rotatable bonds is 6. The van der Waals surface area contributed by atoms with E-state index < -0.39 is 11.7 Å². The van der Waals surface area contributed by atoms with E-state index in [-0.39, 0.29) is 38.6 Å². The first-order valence-electron chi connectivity index (χ1n) is 11.4. The quantitative estimate of drug-likeness (QED) is 0.366. The maximum Gasteiger partial charge on any atom is 0.418 e. The molecule has 12 heteroatoms. The molecule has 1 fully saturated rings. The Morgan fingerprint density at radius 2 is 2.03 bits per heavy atom. The van der Waals surface area contributed by atoms with Crippen LogP contribution in [0.5, 0.6) is 0 Å². The van der Waals surface area contributed by atoms with Gasteiger partial charge in [0.25, 0.3) is 0 Å². The molecule has 0 spiro atoms. The topological polar surface area (TPSA) is 73.9 Å². The van der Waals surface area contributed by atoms with Crippen molar-refractivity contribution in [3.05, 3.63) is 30.2 Å². The number of hydrogen-bond donors (Lipinski definition) is 0. The number of ether oxygens (including phenoxy) is 1. The van der Waals surface area contributed by atoms with E-state index in [1.54, 1.807) is 48.1 Å². The van der Waals surface area contributed by atoms with Gasteiger partial charge in [-0.2, -0.15) is 18.3 Å². The average Bonchev–Trinajstić information content (AvgIpc) is 3.57. The second kappa shape index (κ2) is 8.90. The lowest BCUT2D eigenvalue weighted by atomic mass is 10.1. The van der Waals surface area contributed by atoms with Gasteiger partial charge in [-0.1, -0.05) is 0 Å². The predicted octanol–water partition coefficient (Wildman–Crippen LogP) is 5.03. The van der Waals surface area contributed by atoms with E-state index in [1.165, 1.54) is 0 Å². The normalized spacial score (nSPS) is 16.8. The third-order valence-electron chi connectivity index (χ3n) is 6.19. The summed E-state index contributed by atoms with van der Waals surface area (Å²) in [6.07, 6.45) is 1.28. The van der Waals surface area contributed by atoms with Crippen LogP contribution in [-0.2, 0) is 18.0 Å². The third kappa shape index (κ3) is 4.29. The van der Waals surface area contributed by atoms with Crippen molar-refractivity contribution in [2.75, 3.05) is 31.7 Å².